The topological polar surface area (TPSA) is 99.8 Å². The maximum absolute atomic E-state index is 13.4. The van der Waals surface area contributed by atoms with Crippen LogP contribution in [-0.4, -0.2) is 52.2 Å². The van der Waals surface area contributed by atoms with Gasteiger partial charge in [-0.3, -0.25) is 14.6 Å². The molecule has 5 rings (SSSR count). The van der Waals surface area contributed by atoms with Crippen molar-refractivity contribution in [2.45, 2.75) is 26.8 Å². The third kappa shape index (κ3) is 4.46. The normalized spacial score (nSPS) is 21.4. The molecule has 4 heterocycles. The predicted octanol–water partition coefficient (Wildman–Crippen LogP) is 3.65. The van der Waals surface area contributed by atoms with Crippen LogP contribution in [0.5, 0.6) is 0 Å². The summed E-state index contributed by atoms with van der Waals surface area (Å²) in [5, 5.41) is 10.9. The highest BCUT2D eigenvalue weighted by atomic mass is 16.5. The summed E-state index contributed by atoms with van der Waals surface area (Å²) < 4.78 is 5.18. The summed E-state index contributed by atoms with van der Waals surface area (Å²) in [6.45, 7) is 8.32. The first-order chi connectivity index (χ1) is 15.9. The van der Waals surface area contributed by atoms with Crippen molar-refractivity contribution in [3.63, 3.8) is 0 Å². The molecule has 2 aliphatic rings. The average molecular weight is 449 g/mol. The van der Waals surface area contributed by atoms with Gasteiger partial charge in [0.2, 0.25) is 0 Å². The minimum atomic E-state index is -0.250. The average Bonchev–Trinajstić information content (AvgIpc) is 3.49. The molecule has 172 valence electrons. The number of amides is 1. The Kier molecular flexibility index (Phi) is 6.44. The van der Waals surface area contributed by atoms with Crippen molar-refractivity contribution in [2.75, 3.05) is 24.5 Å². The summed E-state index contributed by atoms with van der Waals surface area (Å²) in [4.78, 5) is 30.5. The van der Waals surface area contributed by atoms with E-state index in [9.17, 15) is 4.79 Å². The number of benzene rings is 1. The van der Waals surface area contributed by atoms with E-state index in [0.717, 1.165) is 25.3 Å². The number of hydrogen-bond acceptors (Lipinski definition) is 6. The maximum atomic E-state index is 13.4. The molecule has 2 aliphatic heterocycles. The van der Waals surface area contributed by atoms with E-state index in [2.05, 4.69) is 58.4 Å². The van der Waals surface area contributed by atoms with Gasteiger partial charge in [0.25, 0.3) is 12.4 Å². The molecule has 0 unspecified atom stereocenters. The SMILES string of the molecule is Cc1cc(N2C[C@H]3CN(C(=O)c4cc(C)on4)[C@@H](c4ccccc4C)[C@H]3C2)ccn1.O=CO. The zero-order chi connectivity index (χ0) is 23.5. The van der Waals surface area contributed by atoms with Crippen LogP contribution in [0.25, 0.3) is 0 Å². The molecule has 8 nitrogen and oxygen atoms in total. The summed E-state index contributed by atoms with van der Waals surface area (Å²) in [5.74, 6) is 1.40. The van der Waals surface area contributed by atoms with E-state index >= 15 is 0 Å². The number of rotatable bonds is 3. The molecule has 0 radical (unpaired) electrons. The van der Waals surface area contributed by atoms with Gasteiger partial charge in [0.15, 0.2) is 5.69 Å². The largest absolute Gasteiger partial charge is 0.483 e. The Morgan fingerprint density at radius 3 is 2.55 bits per heavy atom. The lowest BCUT2D eigenvalue weighted by molar-refractivity contribution is -0.122. The lowest BCUT2D eigenvalue weighted by Crippen LogP contribution is -2.36. The second kappa shape index (κ2) is 9.44. The smallest absolute Gasteiger partial charge is 0.290 e. The number of likely N-dealkylation sites (tertiary alicyclic amines) is 1. The van der Waals surface area contributed by atoms with Gasteiger partial charge in [0.1, 0.15) is 5.76 Å². The summed E-state index contributed by atoms with van der Waals surface area (Å²) in [6.07, 6.45) is 1.88. The van der Waals surface area contributed by atoms with Crippen LogP contribution in [0.15, 0.2) is 53.2 Å². The molecule has 3 aromatic rings. The number of carbonyl (C=O) groups is 2. The molecular formula is C25H28N4O4. The van der Waals surface area contributed by atoms with E-state index in [-0.39, 0.29) is 18.4 Å². The van der Waals surface area contributed by atoms with Gasteiger partial charge >= 0.3 is 0 Å². The first-order valence-electron chi connectivity index (χ1n) is 11.0. The number of hydrogen-bond donors (Lipinski definition) is 1. The number of aromatic nitrogens is 2. The van der Waals surface area contributed by atoms with E-state index in [0.29, 0.717) is 23.3 Å². The molecule has 2 aromatic heterocycles. The number of fused-ring (bicyclic) bond motifs is 1. The molecule has 0 spiro atoms. The number of nitrogens with zero attached hydrogens (tertiary/aromatic N) is 4. The third-order valence-electron chi connectivity index (χ3n) is 6.52. The van der Waals surface area contributed by atoms with Gasteiger partial charge in [-0.15, -0.1) is 0 Å². The van der Waals surface area contributed by atoms with Gasteiger partial charge in [0, 0.05) is 55.1 Å². The molecule has 2 fully saturated rings. The molecular weight excluding hydrogens is 420 g/mol. The zero-order valence-corrected chi connectivity index (χ0v) is 19.0. The minimum Gasteiger partial charge on any atom is -0.483 e. The van der Waals surface area contributed by atoms with Crippen LogP contribution in [0.4, 0.5) is 5.69 Å². The van der Waals surface area contributed by atoms with Crippen molar-refractivity contribution in [1.82, 2.24) is 15.0 Å². The Hall–Kier alpha value is -3.68. The second-order valence-electron chi connectivity index (χ2n) is 8.67. The van der Waals surface area contributed by atoms with Crippen molar-refractivity contribution in [3.8, 4) is 0 Å². The lowest BCUT2D eigenvalue weighted by Gasteiger charge is -2.31. The van der Waals surface area contributed by atoms with Crippen LogP contribution in [0.3, 0.4) is 0 Å². The van der Waals surface area contributed by atoms with Crippen molar-refractivity contribution >= 4 is 18.1 Å². The van der Waals surface area contributed by atoms with Crippen LogP contribution in [-0.2, 0) is 4.79 Å². The van der Waals surface area contributed by atoms with Crippen LogP contribution in [0.1, 0.15) is 39.1 Å². The number of carbonyl (C=O) groups excluding carboxylic acids is 1. The summed E-state index contributed by atoms with van der Waals surface area (Å²) in [5.41, 5.74) is 5.08. The Labute approximate surface area is 192 Å². The fourth-order valence-corrected chi connectivity index (χ4v) is 5.12. The van der Waals surface area contributed by atoms with Gasteiger partial charge in [-0.25, -0.2) is 0 Å². The van der Waals surface area contributed by atoms with E-state index in [4.69, 9.17) is 14.4 Å². The molecule has 0 bridgehead atoms. The highest BCUT2D eigenvalue weighted by molar-refractivity contribution is 5.93. The van der Waals surface area contributed by atoms with Crippen LogP contribution in [0.2, 0.25) is 0 Å². The standard InChI is InChI=1S/C24H26N4O2.CH2O2/c1-15-6-4-5-7-20(15)23-21-14-27(19-8-9-25-16(2)10-19)12-18(21)13-28(23)24(29)22-11-17(3)30-26-22;2-1-3/h4-11,18,21,23H,12-14H2,1-3H3;1H,(H,2,3)/t18-,21-,23-;/m0./s1. The molecule has 1 aromatic carbocycles. The maximum Gasteiger partial charge on any atom is 0.290 e. The van der Waals surface area contributed by atoms with Crippen LogP contribution in [0, 0.1) is 32.6 Å². The number of anilines is 1. The van der Waals surface area contributed by atoms with Gasteiger partial charge in [-0.1, -0.05) is 29.4 Å². The quantitative estimate of drug-likeness (QED) is 0.611. The molecule has 0 saturated carbocycles. The highest BCUT2D eigenvalue weighted by Crippen LogP contribution is 2.47. The lowest BCUT2D eigenvalue weighted by atomic mass is 9.87. The second-order valence-corrected chi connectivity index (χ2v) is 8.67. The Balaban J connectivity index is 0.000000821. The molecule has 33 heavy (non-hydrogen) atoms. The van der Waals surface area contributed by atoms with Gasteiger partial charge < -0.3 is 19.4 Å². The molecule has 8 heteroatoms. The summed E-state index contributed by atoms with van der Waals surface area (Å²) in [7, 11) is 0. The predicted molar refractivity (Wildman–Crippen MR) is 123 cm³/mol. The zero-order valence-electron chi connectivity index (χ0n) is 19.0. The van der Waals surface area contributed by atoms with Crippen LogP contribution >= 0.6 is 0 Å². The molecule has 3 atom stereocenters. The minimum absolute atomic E-state index is 0.0358. The third-order valence-corrected chi connectivity index (χ3v) is 6.52. The summed E-state index contributed by atoms with van der Waals surface area (Å²) in [6, 6.07) is 14.4. The van der Waals surface area contributed by atoms with Gasteiger partial charge in [0.05, 0.1) is 6.04 Å². The van der Waals surface area contributed by atoms with Crippen molar-refractivity contribution in [2.24, 2.45) is 11.8 Å². The van der Waals surface area contributed by atoms with E-state index < -0.39 is 0 Å². The number of aryl methyl sites for hydroxylation is 3. The first-order valence-corrected chi connectivity index (χ1v) is 11.0. The van der Waals surface area contributed by atoms with Gasteiger partial charge in [-0.05, 0) is 44.0 Å². The molecule has 1 amide bonds. The monoisotopic (exact) mass is 448 g/mol. The van der Waals surface area contributed by atoms with Crippen molar-refractivity contribution in [1.29, 1.82) is 0 Å². The Morgan fingerprint density at radius 2 is 1.88 bits per heavy atom. The van der Waals surface area contributed by atoms with E-state index in [1.807, 2.05) is 24.9 Å². The Bertz CT molecular complexity index is 1140. The van der Waals surface area contributed by atoms with E-state index in [1.54, 1.807) is 6.07 Å². The summed E-state index contributed by atoms with van der Waals surface area (Å²) >= 11 is 0. The Morgan fingerprint density at radius 1 is 1.12 bits per heavy atom. The van der Waals surface area contributed by atoms with Gasteiger partial charge in [-0.2, -0.15) is 0 Å². The van der Waals surface area contributed by atoms with E-state index in [1.165, 1.54) is 16.8 Å². The highest BCUT2D eigenvalue weighted by Gasteiger charge is 2.50. The number of carboxylic acid groups (broad SMARTS) is 1. The molecule has 2 saturated heterocycles. The van der Waals surface area contributed by atoms with Crippen LogP contribution < -0.4 is 4.90 Å². The fraction of sp³-hybridized carbons (Fsp3) is 0.360. The first kappa shape index (κ1) is 22.5. The van der Waals surface area contributed by atoms with Crippen molar-refractivity contribution < 1.29 is 19.2 Å². The van der Waals surface area contributed by atoms with Crippen molar-refractivity contribution in [3.05, 3.63) is 76.9 Å². The fourth-order valence-electron chi connectivity index (χ4n) is 5.12. The number of pyridine rings is 1. The molecule has 1 N–H and O–H groups in total. The molecule has 0 aliphatic carbocycles.